The molecule has 1 heterocycles. The third kappa shape index (κ3) is 5.10. The van der Waals surface area contributed by atoms with Gasteiger partial charge in [0, 0.05) is 12.6 Å². The quantitative estimate of drug-likeness (QED) is 0.884. The molecule has 0 aromatic heterocycles. The molecule has 0 bridgehead atoms. The highest BCUT2D eigenvalue weighted by Crippen LogP contribution is 2.20. The largest absolute Gasteiger partial charge is 0.393 e. The van der Waals surface area contributed by atoms with Gasteiger partial charge in [0.25, 0.3) is 0 Å². The number of likely N-dealkylation sites (tertiary alicyclic amines) is 1. The molecule has 0 radical (unpaired) electrons. The summed E-state index contributed by atoms with van der Waals surface area (Å²) in [6, 6.07) is 11.0. The third-order valence-electron chi connectivity index (χ3n) is 4.06. The van der Waals surface area contributed by atoms with Gasteiger partial charge >= 0.3 is 0 Å². The molecule has 0 spiro atoms. The van der Waals surface area contributed by atoms with E-state index in [0.29, 0.717) is 6.04 Å². The highest BCUT2D eigenvalue weighted by atomic mass is 16.3. The fraction of sp³-hybridized carbons (Fsp3) is 0.556. The minimum Gasteiger partial charge on any atom is -0.393 e. The highest BCUT2D eigenvalue weighted by molar-refractivity contribution is 5.48. The zero-order chi connectivity index (χ0) is 14.2. The van der Waals surface area contributed by atoms with E-state index in [9.17, 15) is 5.11 Å². The minimum atomic E-state index is -0.196. The van der Waals surface area contributed by atoms with E-state index < -0.39 is 0 Å². The first-order valence-corrected chi connectivity index (χ1v) is 7.89. The maximum absolute atomic E-state index is 9.67. The van der Waals surface area contributed by atoms with Crippen LogP contribution in [0.25, 0.3) is 6.08 Å². The first-order chi connectivity index (χ1) is 9.75. The van der Waals surface area contributed by atoms with Crippen molar-refractivity contribution in [1.82, 2.24) is 4.90 Å². The van der Waals surface area contributed by atoms with Crippen molar-refractivity contribution < 1.29 is 5.11 Å². The van der Waals surface area contributed by atoms with Gasteiger partial charge in [0.1, 0.15) is 0 Å². The van der Waals surface area contributed by atoms with Crippen LogP contribution in [-0.4, -0.2) is 35.2 Å². The van der Waals surface area contributed by atoms with Gasteiger partial charge in [-0.15, -0.1) is 0 Å². The van der Waals surface area contributed by atoms with Crippen molar-refractivity contribution in [2.75, 3.05) is 13.1 Å². The molecule has 2 heteroatoms. The Labute approximate surface area is 123 Å². The molecule has 2 unspecified atom stereocenters. The second kappa shape index (κ2) is 8.23. The maximum atomic E-state index is 9.67. The first kappa shape index (κ1) is 15.3. The Morgan fingerprint density at radius 1 is 1.25 bits per heavy atom. The van der Waals surface area contributed by atoms with Gasteiger partial charge in [0.15, 0.2) is 0 Å². The standard InChI is InChI=1S/C18H27NO/c1-16(20)15-18-12-6-3-7-13-19(18)14-8-11-17-9-4-2-5-10-17/h2,4-5,8-11,16,18,20H,3,6-7,12-15H2,1H3/b11-8+. The summed E-state index contributed by atoms with van der Waals surface area (Å²) in [7, 11) is 0. The Morgan fingerprint density at radius 3 is 2.80 bits per heavy atom. The fourth-order valence-corrected chi connectivity index (χ4v) is 3.03. The van der Waals surface area contributed by atoms with Gasteiger partial charge in [-0.2, -0.15) is 0 Å². The van der Waals surface area contributed by atoms with Gasteiger partial charge in [-0.3, -0.25) is 4.90 Å². The normalized spacial score (nSPS) is 22.8. The molecule has 1 saturated heterocycles. The second-order valence-corrected chi connectivity index (χ2v) is 5.90. The van der Waals surface area contributed by atoms with Crippen molar-refractivity contribution in [2.24, 2.45) is 0 Å². The molecular weight excluding hydrogens is 246 g/mol. The van der Waals surface area contributed by atoms with Gasteiger partial charge in [-0.05, 0) is 38.3 Å². The summed E-state index contributed by atoms with van der Waals surface area (Å²) in [6.07, 6.45) is 10.3. The Balaban J connectivity index is 1.92. The number of hydrogen-bond donors (Lipinski definition) is 1. The molecule has 20 heavy (non-hydrogen) atoms. The number of aliphatic hydroxyl groups is 1. The molecule has 2 rings (SSSR count). The summed E-state index contributed by atoms with van der Waals surface area (Å²) in [5.74, 6) is 0. The molecule has 1 aliphatic rings. The van der Waals surface area contributed by atoms with Crippen LogP contribution in [0.5, 0.6) is 0 Å². The highest BCUT2D eigenvalue weighted by Gasteiger charge is 2.21. The summed E-state index contributed by atoms with van der Waals surface area (Å²) < 4.78 is 0. The molecule has 2 nitrogen and oxygen atoms in total. The molecule has 1 aromatic rings. The van der Waals surface area contributed by atoms with Crippen LogP contribution in [-0.2, 0) is 0 Å². The molecule has 2 atom stereocenters. The summed E-state index contributed by atoms with van der Waals surface area (Å²) in [5, 5.41) is 9.67. The summed E-state index contributed by atoms with van der Waals surface area (Å²) >= 11 is 0. The van der Waals surface area contributed by atoms with Crippen molar-refractivity contribution in [3.63, 3.8) is 0 Å². The van der Waals surface area contributed by atoms with Crippen LogP contribution in [0.3, 0.4) is 0 Å². The number of rotatable bonds is 5. The maximum Gasteiger partial charge on any atom is 0.0527 e. The van der Waals surface area contributed by atoms with E-state index >= 15 is 0 Å². The van der Waals surface area contributed by atoms with E-state index in [-0.39, 0.29) is 6.10 Å². The zero-order valence-corrected chi connectivity index (χ0v) is 12.5. The number of benzene rings is 1. The van der Waals surface area contributed by atoms with E-state index in [1.54, 1.807) is 0 Å². The van der Waals surface area contributed by atoms with Crippen LogP contribution in [0.15, 0.2) is 36.4 Å². The van der Waals surface area contributed by atoms with Gasteiger partial charge in [-0.1, -0.05) is 55.3 Å². The zero-order valence-electron chi connectivity index (χ0n) is 12.5. The van der Waals surface area contributed by atoms with Crippen molar-refractivity contribution >= 4 is 6.08 Å². The average molecular weight is 273 g/mol. The topological polar surface area (TPSA) is 23.5 Å². The minimum absolute atomic E-state index is 0.196. The number of hydrogen-bond acceptors (Lipinski definition) is 2. The monoisotopic (exact) mass is 273 g/mol. The molecule has 1 fully saturated rings. The van der Waals surface area contributed by atoms with Gasteiger partial charge in [0.05, 0.1) is 6.10 Å². The molecule has 0 amide bonds. The Hall–Kier alpha value is -1.12. The van der Waals surface area contributed by atoms with E-state index in [1.165, 1.54) is 31.2 Å². The van der Waals surface area contributed by atoms with Crippen LogP contribution < -0.4 is 0 Å². The van der Waals surface area contributed by atoms with E-state index in [2.05, 4.69) is 41.3 Å². The van der Waals surface area contributed by atoms with Crippen LogP contribution >= 0.6 is 0 Å². The second-order valence-electron chi connectivity index (χ2n) is 5.90. The van der Waals surface area contributed by atoms with Crippen LogP contribution in [0.2, 0.25) is 0 Å². The number of aliphatic hydroxyl groups excluding tert-OH is 1. The smallest absolute Gasteiger partial charge is 0.0527 e. The lowest BCUT2D eigenvalue weighted by Gasteiger charge is -2.29. The molecule has 1 aliphatic heterocycles. The first-order valence-electron chi connectivity index (χ1n) is 7.89. The predicted octanol–water partition coefficient (Wildman–Crippen LogP) is 3.72. The van der Waals surface area contributed by atoms with Crippen molar-refractivity contribution in [1.29, 1.82) is 0 Å². The molecule has 110 valence electrons. The predicted molar refractivity (Wildman–Crippen MR) is 85.6 cm³/mol. The lowest BCUT2D eigenvalue weighted by Crippen LogP contribution is -2.37. The SMILES string of the molecule is CC(O)CC1CCCCCN1C/C=C/c1ccccc1. The summed E-state index contributed by atoms with van der Waals surface area (Å²) in [4.78, 5) is 2.54. The Morgan fingerprint density at radius 2 is 2.05 bits per heavy atom. The van der Waals surface area contributed by atoms with Crippen molar-refractivity contribution in [2.45, 2.75) is 51.2 Å². The lowest BCUT2D eigenvalue weighted by molar-refractivity contribution is 0.120. The van der Waals surface area contributed by atoms with E-state index in [4.69, 9.17) is 0 Å². The van der Waals surface area contributed by atoms with Gasteiger partial charge in [0.2, 0.25) is 0 Å². The van der Waals surface area contributed by atoms with Crippen LogP contribution in [0.1, 0.15) is 44.6 Å². The molecule has 0 aliphatic carbocycles. The lowest BCUT2D eigenvalue weighted by atomic mass is 10.0. The fourth-order valence-electron chi connectivity index (χ4n) is 3.03. The van der Waals surface area contributed by atoms with Gasteiger partial charge in [-0.25, -0.2) is 0 Å². The molecular formula is C18H27NO. The van der Waals surface area contributed by atoms with E-state index in [0.717, 1.165) is 19.5 Å². The van der Waals surface area contributed by atoms with Crippen LogP contribution in [0.4, 0.5) is 0 Å². The molecule has 0 saturated carbocycles. The Kier molecular flexibility index (Phi) is 6.28. The summed E-state index contributed by atoms with van der Waals surface area (Å²) in [5.41, 5.74) is 1.26. The van der Waals surface area contributed by atoms with Gasteiger partial charge < -0.3 is 5.11 Å². The summed E-state index contributed by atoms with van der Waals surface area (Å²) in [6.45, 7) is 4.06. The van der Waals surface area contributed by atoms with E-state index in [1.807, 2.05) is 13.0 Å². The Bertz CT molecular complexity index is 399. The van der Waals surface area contributed by atoms with Crippen molar-refractivity contribution in [3.05, 3.63) is 42.0 Å². The third-order valence-corrected chi connectivity index (χ3v) is 4.06. The molecule has 1 N–H and O–H groups in total. The number of nitrogens with zero attached hydrogens (tertiary/aromatic N) is 1. The van der Waals surface area contributed by atoms with Crippen LogP contribution in [0, 0.1) is 0 Å². The van der Waals surface area contributed by atoms with Crippen molar-refractivity contribution in [3.8, 4) is 0 Å². The average Bonchev–Trinajstić information content (AvgIpc) is 2.65. The molecule has 1 aromatic carbocycles.